The molecule has 0 radical (unpaired) electrons. The van der Waals surface area contributed by atoms with Crippen LogP contribution >= 0.6 is 0 Å². The van der Waals surface area contributed by atoms with Crippen LogP contribution in [0, 0.1) is 0 Å². The first-order valence-corrected chi connectivity index (χ1v) is 9.81. The Kier molecular flexibility index (Phi) is 3.49. The number of amides is 1. The molecule has 1 amide bonds. The molecule has 2 aromatic rings. The van der Waals surface area contributed by atoms with Crippen LogP contribution in [-0.2, 0) is 26.3 Å². The van der Waals surface area contributed by atoms with Gasteiger partial charge in [-0.25, -0.2) is 0 Å². The largest absolute Gasteiger partial charge is 0.491 e. The van der Waals surface area contributed by atoms with Gasteiger partial charge in [-0.15, -0.1) is 0 Å². The zero-order valence-corrected chi connectivity index (χ0v) is 15.5. The van der Waals surface area contributed by atoms with Crippen molar-refractivity contribution >= 4 is 11.6 Å². The Bertz CT molecular complexity index is 967. The van der Waals surface area contributed by atoms with Crippen molar-refractivity contribution in [3.63, 3.8) is 0 Å². The molecule has 1 spiro atoms. The van der Waals surface area contributed by atoms with Gasteiger partial charge in [0.25, 0.3) is 0 Å². The molecule has 2 aromatic carbocycles. The van der Waals surface area contributed by atoms with Crippen LogP contribution in [0.2, 0.25) is 0 Å². The minimum absolute atomic E-state index is 0.0700. The van der Waals surface area contributed by atoms with Crippen molar-refractivity contribution in [3.8, 4) is 11.5 Å². The van der Waals surface area contributed by atoms with Gasteiger partial charge < -0.3 is 23.8 Å². The summed E-state index contributed by atoms with van der Waals surface area (Å²) in [5, 5.41) is 0. The maximum absolute atomic E-state index is 13.8. The number of fused-ring (bicyclic) bond motifs is 5. The number of hydrogen-bond acceptors (Lipinski definition) is 5. The van der Waals surface area contributed by atoms with Crippen molar-refractivity contribution in [3.05, 3.63) is 53.1 Å². The zero-order valence-electron chi connectivity index (χ0n) is 15.5. The summed E-state index contributed by atoms with van der Waals surface area (Å²) < 4.78 is 22.9. The highest BCUT2D eigenvalue weighted by Gasteiger charge is 2.57. The van der Waals surface area contributed by atoms with Crippen molar-refractivity contribution in [1.29, 1.82) is 0 Å². The minimum Gasteiger partial charge on any atom is -0.491 e. The highest BCUT2D eigenvalue weighted by atomic mass is 16.7. The van der Waals surface area contributed by atoms with E-state index in [4.69, 9.17) is 18.9 Å². The average molecular weight is 379 g/mol. The van der Waals surface area contributed by atoms with E-state index in [-0.39, 0.29) is 18.8 Å². The molecule has 0 saturated carbocycles. The van der Waals surface area contributed by atoms with E-state index in [9.17, 15) is 4.79 Å². The van der Waals surface area contributed by atoms with Gasteiger partial charge >= 0.3 is 0 Å². The van der Waals surface area contributed by atoms with Crippen LogP contribution < -0.4 is 14.4 Å². The normalized spacial score (nSPS) is 27.4. The first kappa shape index (κ1) is 16.4. The highest BCUT2D eigenvalue weighted by Crippen LogP contribution is 2.53. The molecule has 1 fully saturated rings. The number of nitrogens with zero attached hydrogens (tertiary/aromatic N) is 1. The Morgan fingerprint density at radius 2 is 2.04 bits per heavy atom. The standard InChI is InChI=1S/C22H21NO5/c24-21-22(12-27-20-9-19-14(8-17(20)22)11-25-13-28-19)16-5-1-2-6-18(16)23(21)10-15-4-3-7-26-15/h1-2,5-6,8-9,15H,3-4,7,10-13H2. The van der Waals surface area contributed by atoms with E-state index in [0.717, 1.165) is 53.3 Å². The van der Waals surface area contributed by atoms with E-state index in [2.05, 4.69) is 0 Å². The van der Waals surface area contributed by atoms with Crippen LogP contribution in [0.15, 0.2) is 36.4 Å². The molecule has 6 rings (SSSR count). The Balaban J connectivity index is 1.48. The van der Waals surface area contributed by atoms with E-state index in [0.29, 0.717) is 19.8 Å². The van der Waals surface area contributed by atoms with Crippen LogP contribution in [0.3, 0.4) is 0 Å². The number of benzene rings is 2. The number of hydrogen-bond donors (Lipinski definition) is 0. The van der Waals surface area contributed by atoms with Crippen molar-refractivity contribution < 1.29 is 23.7 Å². The monoisotopic (exact) mass is 379 g/mol. The lowest BCUT2D eigenvalue weighted by atomic mass is 9.76. The molecule has 0 aliphatic carbocycles. The van der Waals surface area contributed by atoms with Crippen molar-refractivity contribution in [2.24, 2.45) is 0 Å². The summed E-state index contributed by atoms with van der Waals surface area (Å²) in [6.07, 6.45) is 2.14. The fourth-order valence-electron chi connectivity index (χ4n) is 4.92. The van der Waals surface area contributed by atoms with E-state index in [1.54, 1.807) is 0 Å². The van der Waals surface area contributed by atoms with Crippen LogP contribution in [0.4, 0.5) is 5.69 Å². The van der Waals surface area contributed by atoms with Gasteiger partial charge in [0.05, 0.1) is 19.3 Å². The summed E-state index contributed by atoms with van der Waals surface area (Å²) in [6.45, 7) is 2.40. The molecule has 2 atom stereocenters. The summed E-state index contributed by atoms with van der Waals surface area (Å²) in [4.78, 5) is 15.7. The van der Waals surface area contributed by atoms with Gasteiger partial charge in [0.15, 0.2) is 6.79 Å². The number of anilines is 1. The number of rotatable bonds is 2. The average Bonchev–Trinajstić information content (AvgIpc) is 3.43. The van der Waals surface area contributed by atoms with Crippen LogP contribution in [0.1, 0.15) is 29.5 Å². The fraction of sp³-hybridized carbons (Fsp3) is 0.409. The molecule has 4 aliphatic rings. The molecule has 144 valence electrons. The summed E-state index contributed by atoms with van der Waals surface area (Å²) in [5.41, 5.74) is 3.03. The smallest absolute Gasteiger partial charge is 0.245 e. The zero-order chi connectivity index (χ0) is 18.7. The second kappa shape index (κ2) is 5.96. The molecule has 0 N–H and O–H groups in total. The molecule has 6 nitrogen and oxygen atoms in total. The number of para-hydroxylation sites is 1. The molecule has 4 aliphatic heterocycles. The molecule has 4 heterocycles. The van der Waals surface area contributed by atoms with Crippen LogP contribution in [-0.4, -0.2) is 38.6 Å². The molecular formula is C22H21NO5. The van der Waals surface area contributed by atoms with Gasteiger partial charge in [-0.2, -0.15) is 0 Å². The Morgan fingerprint density at radius 3 is 2.93 bits per heavy atom. The van der Waals surface area contributed by atoms with E-state index in [1.807, 2.05) is 41.3 Å². The van der Waals surface area contributed by atoms with Gasteiger partial charge in [0.1, 0.15) is 23.5 Å². The summed E-state index contributed by atoms with van der Waals surface area (Å²) >= 11 is 0. The van der Waals surface area contributed by atoms with Crippen molar-refractivity contribution in [2.45, 2.75) is 31.0 Å². The molecule has 0 bridgehead atoms. The Morgan fingerprint density at radius 1 is 1.11 bits per heavy atom. The maximum Gasteiger partial charge on any atom is 0.245 e. The molecule has 2 unspecified atom stereocenters. The third-order valence-corrected chi connectivity index (χ3v) is 6.30. The van der Waals surface area contributed by atoms with E-state index >= 15 is 0 Å². The van der Waals surface area contributed by atoms with Gasteiger partial charge in [0.2, 0.25) is 5.91 Å². The third-order valence-electron chi connectivity index (χ3n) is 6.30. The molecule has 0 aromatic heterocycles. The lowest BCUT2D eigenvalue weighted by Crippen LogP contribution is -2.45. The number of carbonyl (C=O) groups is 1. The SMILES string of the molecule is O=C1N(CC2CCCO2)c2ccccc2C12COc1cc3c(cc12)COCO3. The first-order chi connectivity index (χ1) is 13.8. The Hall–Kier alpha value is -2.57. The predicted molar refractivity (Wildman–Crippen MR) is 101 cm³/mol. The second-order valence-electron chi connectivity index (χ2n) is 7.83. The van der Waals surface area contributed by atoms with Gasteiger partial charge in [-0.05, 0) is 30.5 Å². The number of carbonyl (C=O) groups excluding carboxylic acids is 1. The Labute approximate surface area is 162 Å². The molecule has 28 heavy (non-hydrogen) atoms. The fourth-order valence-corrected chi connectivity index (χ4v) is 4.92. The lowest BCUT2D eigenvalue weighted by Gasteiger charge is -2.25. The quantitative estimate of drug-likeness (QED) is 0.803. The van der Waals surface area contributed by atoms with Gasteiger partial charge in [-0.1, -0.05) is 18.2 Å². The molecular weight excluding hydrogens is 358 g/mol. The highest BCUT2D eigenvalue weighted by molar-refractivity contribution is 6.11. The van der Waals surface area contributed by atoms with Crippen LogP contribution in [0.5, 0.6) is 11.5 Å². The summed E-state index contributed by atoms with van der Waals surface area (Å²) in [6, 6.07) is 12.0. The number of ether oxygens (including phenoxy) is 4. The summed E-state index contributed by atoms with van der Waals surface area (Å²) in [5.74, 6) is 1.57. The molecule has 1 saturated heterocycles. The molecule has 6 heteroatoms. The van der Waals surface area contributed by atoms with Crippen molar-refractivity contribution in [1.82, 2.24) is 0 Å². The van der Waals surface area contributed by atoms with Crippen LogP contribution in [0.25, 0.3) is 0 Å². The topological polar surface area (TPSA) is 57.2 Å². The van der Waals surface area contributed by atoms with E-state index < -0.39 is 5.41 Å². The first-order valence-electron chi connectivity index (χ1n) is 9.81. The van der Waals surface area contributed by atoms with Crippen molar-refractivity contribution in [2.75, 3.05) is 31.5 Å². The maximum atomic E-state index is 13.8. The third kappa shape index (κ3) is 2.13. The van der Waals surface area contributed by atoms with Gasteiger partial charge in [-0.3, -0.25) is 4.79 Å². The minimum atomic E-state index is -0.809. The second-order valence-corrected chi connectivity index (χ2v) is 7.83. The van der Waals surface area contributed by atoms with E-state index in [1.165, 1.54) is 0 Å². The van der Waals surface area contributed by atoms with Gasteiger partial charge in [0, 0.05) is 29.5 Å². The lowest BCUT2D eigenvalue weighted by molar-refractivity contribution is -0.122. The summed E-state index contributed by atoms with van der Waals surface area (Å²) in [7, 11) is 0. The predicted octanol–water partition coefficient (Wildman–Crippen LogP) is 2.76.